The van der Waals surface area contributed by atoms with E-state index in [1.807, 2.05) is 13.8 Å². The standard InChI is InChI=1S/C28H24N2O4.2ClH/c1-3-29-27(23(31)19-12-5-6-13-20(19)24(27)32)17-10-9-11-18(16-17)28(30-4-2)25(33)21-14-7-8-15-22(21)26(28)34;;/h5-16,29-30H,3-4H2,1-2H3;2*1H. The molecule has 3 aromatic carbocycles. The van der Waals surface area contributed by atoms with Gasteiger partial charge >= 0.3 is 0 Å². The Morgan fingerprint density at radius 1 is 0.528 bits per heavy atom. The lowest BCUT2D eigenvalue weighted by molar-refractivity contribution is 0.0750. The van der Waals surface area contributed by atoms with Crippen LogP contribution in [0.4, 0.5) is 0 Å². The fourth-order valence-corrected chi connectivity index (χ4v) is 5.34. The first-order valence-electron chi connectivity index (χ1n) is 11.4. The van der Waals surface area contributed by atoms with E-state index in [0.29, 0.717) is 46.5 Å². The van der Waals surface area contributed by atoms with E-state index in [2.05, 4.69) is 10.6 Å². The minimum absolute atomic E-state index is 0. The van der Waals surface area contributed by atoms with Gasteiger partial charge in [0.2, 0.25) is 0 Å². The average molecular weight is 525 g/mol. The molecule has 0 aliphatic heterocycles. The number of hydrogen-bond acceptors (Lipinski definition) is 6. The number of halogens is 2. The molecule has 0 saturated heterocycles. The number of rotatable bonds is 6. The van der Waals surface area contributed by atoms with Crippen LogP contribution in [0.2, 0.25) is 0 Å². The summed E-state index contributed by atoms with van der Waals surface area (Å²) < 4.78 is 0. The van der Waals surface area contributed by atoms with Gasteiger partial charge in [0.15, 0.2) is 34.2 Å². The molecule has 6 nitrogen and oxygen atoms in total. The van der Waals surface area contributed by atoms with Crippen LogP contribution in [0.1, 0.15) is 66.4 Å². The molecule has 0 atom stereocenters. The van der Waals surface area contributed by atoms with E-state index >= 15 is 0 Å². The van der Waals surface area contributed by atoms with Crippen molar-refractivity contribution < 1.29 is 19.2 Å². The smallest absolute Gasteiger partial charge is 0.196 e. The third-order valence-corrected chi connectivity index (χ3v) is 6.81. The lowest BCUT2D eigenvalue weighted by Crippen LogP contribution is -2.53. The Morgan fingerprint density at radius 2 is 0.833 bits per heavy atom. The quantitative estimate of drug-likeness (QED) is 0.467. The molecule has 36 heavy (non-hydrogen) atoms. The van der Waals surface area contributed by atoms with Crippen molar-refractivity contribution in [3.63, 3.8) is 0 Å². The van der Waals surface area contributed by atoms with Crippen LogP contribution >= 0.6 is 24.8 Å². The van der Waals surface area contributed by atoms with E-state index in [0.717, 1.165) is 0 Å². The zero-order chi connectivity index (χ0) is 24.1. The zero-order valence-electron chi connectivity index (χ0n) is 19.8. The van der Waals surface area contributed by atoms with Crippen molar-refractivity contribution in [2.75, 3.05) is 13.1 Å². The summed E-state index contributed by atoms with van der Waals surface area (Å²) in [6, 6.07) is 20.3. The summed E-state index contributed by atoms with van der Waals surface area (Å²) in [7, 11) is 0. The van der Waals surface area contributed by atoms with Crippen molar-refractivity contribution in [1.29, 1.82) is 0 Å². The maximum Gasteiger partial charge on any atom is 0.196 e. The summed E-state index contributed by atoms with van der Waals surface area (Å²) in [6.07, 6.45) is 0. The third kappa shape index (κ3) is 3.48. The van der Waals surface area contributed by atoms with E-state index in [1.165, 1.54) is 0 Å². The summed E-state index contributed by atoms with van der Waals surface area (Å²) in [5.41, 5.74) is -0.958. The lowest BCUT2D eigenvalue weighted by Gasteiger charge is -2.31. The molecule has 0 aromatic heterocycles. The summed E-state index contributed by atoms with van der Waals surface area (Å²) in [4.78, 5) is 54.5. The second-order valence-corrected chi connectivity index (χ2v) is 8.55. The molecular weight excluding hydrogens is 499 g/mol. The van der Waals surface area contributed by atoms with Crippen LogP contribution in [0, 0.1) is 0 Å². The van der Waals surface area contributed by atoms with Crippen molar-refractivity contribution in [2.24, 2.45) is 0 Å². The molecule has 5 rings (SSSR count). The first-order valence-corrected chi connectivity index (χ1v) is 11.4. The van der Waals surface area contributed by atoms with E-state index < -0.39 is 11.1 Å². The first kappa shape index (κ1) is 27.4. The normalized spacial score (nSPS) is 16.7. The summed E-state index contributed by atoms with van der Waals surface area (Å²) in [6.45, 7) is 4.40. The molecule has 2 aliphatic carbocycles. The first-order chi connectivity index (χ1) is 16.4. The van der Waals surface area contributed by atoms with Gasteiger partial charge in [-0.1, -0.05) is 86.6 Å². The van der Waals surface area contributed by atoms with E-state index in [4.69, 9.17) is 0 Å². The number of fused-ring (bicyclic) bond motifs is 2. The topological polar surface area (TPSA) is 92.3 Å². The molecule has 0 bridgehead atoms. The van der Waals surface area contributed by atoms with Gasteiger partial charge in [-0.2, -0.15) is 0 Å². The zero-order valence-corrected chi connectivity index (χ0v) is 21.4. The lowest BCUT2D eigenvalue weighted by atomic mass is 9.79. The van der Waals surface area contributed by atoms with Crippen LogP contribution in [0.5, 0.6) is 0 Å². The van der Waals surface area contributed by atoms with Crippen molar-refractivity contribution in [3.05, 3.63) is 106 Å². The van der Waals surface area contributed by atoms with Gasteiger partial charge in [0.05, 0.1) is 0 Å². The summed E-state index contributed by atoms with van der Waals surface area (Å²) in [5.74, 6) is -1.34. The summed E-state index contributed by atoms with van der Waals surface area (Å²) >= 11 is 0. The minimum Gasteiger partial charge on any atom is -0.295 e. The van der Waals surface area contributed by atoms with Crippen molar-refractivity contribution in [2.45, 2.75) is 24.9 Å². The third-order valence-electron chi connectivity index (χ3n) is 6.81. The molecule has 0 heterocycles. The minimum atomic E-state index is -1.61. The number of carbonyl (C=O) groups is 4. The molecule has 0 spiro atoms. The van der Waals surface area contributed by atoms with Crippen LogP contribution in [-0.2, 0) is 11.1 Å². The van der Waals surface area contributed by atoms with Crippen LogP contribution in [-0.4, -0.2) is 36.2 Å². The Hall–Kier alpha value is -3.16. The Kier molecular flexibility index (Phi) is 7.67. The monoisotopic (exact) mass is 524 g/mol. The van der Waals surface area contributed by atoms with Crippen LogP contribution in [0.15, 0.2) is 72.8 Å². The summed E-state index contributed by atoms with van der Waals surface area (Å²) in [5, 5.41) is 6.27. The molecule has 2 N–H and O–H groups in total. The molecule has 2 aliphatic rings. The maximum absolute atomic E-state index is 13.6. The highest BCUT2D eigenvalue weighted by atomic mass is 35.5. The van der Waals surface area contributed by atoms with Gasteiger partial charge in [-0.05, 0) is 24.2 Å². The number of benzene rings is 3. The molecule has 186 valence electrons. The van der Waals surface area contributed by atoms with Crippen LogP contribution < -0.4 is 10.6 Å². The highest BCUT2D eigenvalue weighted by Crippen LogP contribution is 2.42. The second kappa shape index (κ2) is 10.1. The molecule has 0 amide bonds. The van der Waals surface area contributed by atoms with Crippen LogP contribution in [0.25, 0.3) is 0 Å². The largest absolute Gasteiger partial charge is 0.295 e. The van der Waals surface area contributed by atoms with Crippen molar-refractivity contribution >= 4 is 47.9 Å². The van der Waals surface area contributed by atoms with Gasteiger partial charge in [0.1, 0.15) is 0 Å². The van der Waals surface area contributed by atoms with Gasteiger partial charge in [-0.15, -0.1) is 24.8 Å². The van der Waals surface area contributed by atoms with E-state index in [9.17, 15) is 19.2 Å². The molecule has 3 aromatic rings. The molecule has 0 unspecified atom stereocenters. The Morgan fingerprint density at radius 3 is 1.11 bits per heavy atom. The highest BCUT2D eigenvalue weighted by molar-refractivity contribution is 6.34. The Balaban J connectivity index is 0.00000180. The Bertz CT molecular complexity index is 1210. The molecule has 8 heteroatoms. The SMILES string of the molecule is CCNC1(c2cccc(C3(NCC)C(=O)c4ccccc4C3=O)c2)C(=O)c2ccccc2C1=O.Cl.Cl. The molecular formula is C28H26Cl2N2O4. The van der Waals surface area contributed by atoms with Gasteiger partial charge in [0.25, 0.3) is 0 Å². The van der Waals surface area contributed by atoms with Crippen molar-refractivity contribution in [3.8, 4) is 0 Å². The fraction of sp³-hybridized carbons (Fsp3) is 0.214. The number of nitrogens with one attached hydrogen (secondary N) is 2. The number of ketones is 4. The maximum atomic E-state index is 13.6. The predicted octanol–water partition coefficient (Wildman–Crippen LogP) is 4.30. The van der Waals surface area contributed by atoms with Crippen LogP contribution in [0.3, 0.4) is 0 Å². The van der Waals surface area contributed by atoms with E-state index in [1.54, 1.807) is 72.8 Å². The van der Waals surface area contributed by atoms with Gasteiger partial charge in [-0.25, -0.2) is 0 Å². The number of Topliss-reactive ketones (excluding diaryl/α,β-unsaturated/α-hetero) is 4. The highest BCUT2D eigenvalue weighted by Gasteiger charge is 2.56. The predicted molar refractivity (Wildman–Crippen MR) is 142 cm³/mol. The molecule has 0 radical (unpaired) electrons. The van der Waals surface area contributed by atoms with Gasteiger partial charge in [0, 0.05) is 22.3 Å². The van der Waals surface area contributed by atoms with E-state index in [-0.39, 0.29) is 47.9 Å². The molecule has 0 saturated carbocycles. The molecule has 0 fully saturated rings. The average Bonchev–Trinajstić information content (AvgIpc) is 3.22. The van der Waals surface area contributed by atoms with Crippen molar-refractivity contribution in [1.82, 2.24) is 10.6 Å². The van der Waals surface area contributed by atoms with Gasteiger partial charge < -0.3 is 0 Å². The number of hydrogen-bond donors (Lipinski definition) is 2. The number of likely N-dealkylation sites (N-methyl/N-ethyl adjacent to an activating group) is 2. The van der Waals surface area contributed by atoms with Gasteiger partial charge in [-0.3, -0.25) is 29.8 Å². The second-order valence-electron chi connectivity index (χ2n) is 8.55. The number of carbonyl (C=O) groups excluding carboxylic acids is 4. The Labute approximate surface area is 221 Å². The fourth-order valence-electron chi connectivity index (χ4n) is 5.34.